The van der Waals surface area contributed by atoms with Gasteiger partial charge < -0.3 is 10.2 Å². The van der Waals surface area contributed by atoms with E-state index in [1.54, 1.807) is 0 Å². The fraction of sp³-hybridized carbons (Fsp3) is 0.267. The van der Waals surface area contributed by atoms with Gasteiger partial charge >= 0.3 is 0 Å². The molecular weight excluding hydrogens is 320 g/mol. The van der Waals surface area contributed by atoms with Gasteiger partial charge in [0.25, 0.3) is 0 Å². The summed E-state index contributed by atoms with van der Waals surface area (Å²) < 4.78 is 6.22. The molecule has 5 heteroatoms. The predicted molar refractivity (Wildman–Crippen MR) is 78.8 cm³/mol. The van der Waals surface area contributed by atoms with E-state index >= 15 is 0 Å². The number of amides is 1. The predicted octanol–water partition coefficient (Wildman–Crippen LogP) is 2.45. The Morgan fingerprint density at radius 1 is 1.30 bits per heavy atom. The van der Waals surface area contributed by atoms with Crippen LogP contribution >= 0.6 is 15.9 Å². The molecule has 2 N–H and O–H groups in total. The van der Waals surface area contributed by atoms with Crippen molar-refractivity contribution in [1.29, 1.82) is 0 Å². The molecule has 2 heterocycles. The molecule has 104 valence electrons. The summed E-state index contributed by atoms with van der Waals surface area (Å²) in [6.45, 7) is 1.29. The van der Waals surface area contributed by atoms with Crippen LogP contribution < -0.4 is 5.73 Å². The molecule has 0 fully saturated rings. The standard InChI is InChI=1S/C15H15BrN2O2/c16-14-6-5-12(20-14)9-18-8-11-4-2-1-3-10(11)7-13(18)15(17)19/h1-6,13H,7-9H2,(H2,17,19)/t13-/m1/s1. The van der Waals surface area contributed by atoms with Crippen molar-refractivity contribution >= 4 is 21.8 Å². The first kappa shape index (κ1) is 13.4. The average molecular weight is 335 g/mol. The first-order chi connectivity index (χ1) is 9.63. The third kappa shape index (κ3) is 2.64. The molecule has 0 bridgehead atoms. The summed E-state index contributed by atoms with van der Waals surface area (Å²) in [5, 5.41) is 0. The van der Waals surface area contributed by atoms with Crippen LogP contribution in [-0.4, -0.2) is 16.8 Å². The lowest BCUT2D eigenvalue weighted by molar-refractivity contribution is -0.124. The summed E-state index contributed by atoms with van der Waals surface area (Å²) in [6.07, 6.45) is 0.660. The van der Waals surface area contributed by atoms with Gasteiger partial charge in [0.1, 0.15) is 5.76 Å². The minimum Gasteiger partial charge on any atom is -0.453 e. The van der Waals surface area contributed by atoms with Gasteiger partial charge in [-0.15, -0.1) is 0 Å². The van der Waals surface area contributed by atoms with Gasteiger partial charge in [0.15, 0.2) is 4.67 Å². The second-order valence-corrected chi connectivity index (χ2v) is 5.78. The van der Waals surface area contributed by atoms with Gasteiger partial charge in [-0.05, 0) is 45.6 Å². The minimum atomic E-state index is -0.287. The molecule has 4 nitrogen and oxygen atoms in total. The van der Waals surface area contributed by atoms with E-state index in [9.17, 15) is 4.79 Å². The Morgan fingerprint density at radius 2 is 2.05 bits per heavy atom. The largest absolute Gasteiger partial charge is 0.453 e. The van der Waals surface area contributed by atoms with Gasteiger partial charge in [0, 0.05) is 6.54 Å². The van der Waals surface area contributed by atoms with Crippen LogP contribution in [0.15, 0.2) is 45.5 Å². The number of nitrogens with zero attached hydrogens (tertiary/aromatic N) is 1. The Hall–Kier alpha value is -1.59. The van der Waals surface area contributed by atoms with E-state index in [1.807, 2.05) is 24.3 Å². The van der Waals surface area contributed by atoms with E-state index in [1.165, 1.54) is 11.1 Å². The Bertz CT molecular complexity index is 638. The first-order valence-electron chi connectivity index (χ1n) is 6.48. The molecule has 0 saturated carbocycles. The van der Waals surface area contributed by atoms with Crippen molar-refractivity contribution in [2.24, 2.45) is 5.73 Å². The topological polar surface area (TPSA) is 59.5 Å². The lowest BCUT2D eigenvalue weighted by atomic mass is 9.93. The van der Waals surface area contributed by atoms with Crippen LogP contribution in [0.25, 0.3) is 0 Å². The molecule has 1 aliphatic rings. The highest BCUT2D eigenvalue weighted by Crippen LogP contribution is 2.26. The molecule has 2 aromatic rings. The number of carbonyl (C=O) groups excluding carboxylic acids is 1. The maximum Gasteiger partial charge on any atom is 0.235 e. The van der Waals surface area contributed by atoms with Crippen molar-refractivity contribution < 1.29 is 9.21 Å². The maximum atomic E-state index is 11.7. The number of carbonyl (C=O) groups is 1. The van der Waals surface area contributed by atoms with Crippen LogP contribution in [0.3, 0.4) is 0 Å². The quantitative estimate of drug-likeness (QED) is 0.937. The van der Waals surface area contributed by atoms with E-state index in [0.29, 0.717) is 24.2 Å². The number of fused-ring (bicyclic) bond motifs is 1. The minimum absolute atomic E-state index is 0.284. The fourth-order valence-corrected chi connectivity index (χ4v) is 3.00. The van der Waals surface area contributed by atoms with E-state index in [0.717, 1.165) is 5.76 Å². The molecule has 0 aliphatic carbocycles. The highest BCUT2D eigenvalue weighted by atomic mass is 79.9. The molecule has 1 atom stereocenters. The van der Waals surface area contributed by atoms with Crippen LogP contribution in [0.5, 0.6) is 0 Å². The van der Waals surface area contributed by atoms with Crippen LogP contribution in [0.1, 0.15) is 16.9 Å². The van der Waals surface area contributed by atoms with Crippen molar-refractivity contribution in [2.75, 3.05) is 0 Å². The second kappa shape index (κ2) is 5.42. The van der Waals surface area contributed by atoms with Crippen molar-refractivity contribution in [2.45, 2.75) is 25.6 Å². The Balaban J connectivity index is 1.86. The van der Waals surface area contributed by atoms with Crippen LogP contribution in [0, 0.1) is 0 Å². The third-order valence-electron chi connectivity index (χ3n) is 3.66. The van der Waals surface area contributed by atoms with Crippen LogP contribution in [-0.2, 0) is 24.3 Å². The van der Waals surface area contributed by atoms with Gasteiger partial charge in [-0.2, -0.15) is 0 Å². The summed E-state index contributed by atoms with van der Waals surface area (Å²) >= 11 is 3.29. The zero-order valence-electron chi connectivity index (χ0n) is 10.9. The zero-order valence-corrected chi connectivity index (χ0v) is 12.5. The number of halogens is 1. The number of hydrogen-bond acceptors (Lipinski definition) is 3. The number of rotatable bonds is 3. The second-order valence-electron chi connectivity index (χ2n) is 5.00. The summed E-state index contributed by atoms with van der Waals surface area (Å²) in [7, 11) is 0. The van der Waals surface area contributed by atoms with Crippen molar-refractivity contribution in [3.63, 3.8) is 0 Å². The van der Waals surface area contributed by atoms with E-state index in [4.69, 9.17) is 10.2 Å². The van der Waals surface area contributed by atoms with Gasteiger partial charge in [-0.1, -0.05) is 24.3 Å². The highest BCUT2D eigenvalue weighted by Gasteiger charge is 2.30. The maximum absolute atomic E-state index is 11.7. The summed E-state index contributed by atoms with van der Waals surface area (Å²) in [5.74, 6) is 0.535. The number of furan rings is 1. The Kier molecular flexibility index (Phi) is 3.63. The molecule has 3 rings (SSSR count). The Morgan fingerprint density at radius 3 is 2.70 bits per heavy atom. The summed E-state index contributed by atoms with van der Waals surface area (Å²) in [5.41, 5.74) is 8.00. The molecule has 1 amide bonds. The average Bonchev–Trinajstić information content (AvgIpc) is 2.83. The first-order valence-corrected chi connectivity index (χ1v) is 7.27. The fourth-order valence-electron chi connectivity index (χ4n) is 2.66. The molecular formula is C15H15BrN2O2. The summed E-state index contributed by atoms with van der Waals surface area (Å²) in [4.78, 5) is 13.8. The van der Waals surface area contributed by atoms with Crippen LogP contribution in [0.4, 0.5) is 0 Å². The third-order valence-corrected chi connectivity index (χ3v) is 4.09. The molecule has 0 saturated heterocycles. The molecule has 0 spiro atoms. The monoisotopic (exact) mass is 334 g/mol. The van der Waals surface area contributed by atoms with E-state index < -0.39 is 0 Å². The number of hydrogen-bond donors (Lipinski definition) is 1. The number of benzene rings is 1. The molecule has 0 radical (unpaired) electrons. The molecule has 1 aliphatic heterocycles. The molecule has 20 heavy (non-hydrogen) atoms. The van der Waals surface area contributed by atoms with Gasteiger partial charge in [0.2, 0.25) is 5.91 Å². The van der Waals surface area contributed by atoms with E-state index in [2.05, 4.69) is 33.0 Å². The SMILES string of the molecule is NC(=O)[C@H]1Cc2ccccc2CN1Cc1ccc(Br)o1. The van der Waals surface area contributed by atoms with Gasteiger partial charge in [-0.25, -0.2) is 0 Å². The van der Waals surface area contributed by atoms with Crippen molar-refractivity contribution in [3.05, 3.63) is 58.0 Å². The zero-order chi connectivity index (χ0) is 14.1. The van der Waals surface area contributed by atoms with Gasteiger partial charge in [-0.3, -0.25) is 9.69 Å². The lowest BCUT2D eigenvalue weighted by Gasteiger charge is -2.34. The smallest absolute Gasteiger partial charge is 0.235 e. The highest BCUT2D eigenvalue weighted by molar-refractivity contribution is 9.10. The van der Waals surface area contributed by atoms with Crippen LogP contribution in [0.2, 0.25) is 0 Å². The molecule has 1 aromatic carbocycles. The molecule has 0 unspecified atom stereocenters. The van der Waals surface area contributed by atoms with Crippen molar-refractivity contribution in [3.8, 4) is 0 Å². The lowest BCUT2D eigenvalue weighted by Crippen LogP contribution is -2.47. The normalized spacial score (nSPS) is 18.8. The summed E-state index contributed by atoms with van der Waals surface area (Å²) in [6, 6.07) is 11.6. The van der Waals surface area contributed by atoms with Gasteiger partial charge in [0.05, 0.1) is 12.6 Å². The number of nitrogens with two attached hydrogens (primary N) is 1. The Labute approximate surface area is 125 Å². The van der Waals surface area contributed by atoms with Crippen molar-refractivity contribution in [1.82, 2.24) is 4.90 Å². The number of primary amides is 1. The molecule has 1 aromatic heterocycles. The van der Waals surface area contributed by atoms with E-state index in [-0.39, 0.29) is 11.9 Å².